The molecule has 2 fully saturated rings. The van der Waals surface area contributed by atoms with Crippen LogP contribution >= 0.6 is 0 Å². The first kappa shape index (κ1) is 15.3. The molecule has 0 aliphatic heterocycles. The van der Waals surface area contributed by atoms with Crippen LogP contribution in [0.25, 0.3) is 0 Å². The van der Waals surface area contributed by atoms with Crippen LogP contribution in [0.15, 0.2) is 0 Å². The molecule has 0 heterocycles. The van der Waals surface area contributed by atoms with Gasteiger partial charge < -0.3 is 9.84 Å². The van der Waals surface area contributed by atoms with Gasteiger partial charge >= 0.3 is 0 Å². The Hall–Kier alpha value is -0.0800. The van der Waals surface area contributed by atoms with E-state index in [-0.39, 0.29) is 11.7 Å². The Kier molecular flexibility index (Phi) is 5.30. The average molecular weight is 268 g/mol. The van der Waals surface area contributed by atoms with Crippen molar-refractivity contribution in [2.24, 2.45) is 17.8 Å². The van der Waals surface area contributed by atoms with Gasteiger partial charge in [-0.25, -0.2) is 0 Å². The average Bonchev–Trinajstić information content (AvgIpc) is 2.46. The highest BCUT2D eigenvalue weighted by Crippen LogP contribution is 2.44. The largest absolute Gasteiger partial charge is 0.390 e. The van der Waals surface area contributed by atoms with Gasteiger partial charge in [-0.05, 0) is 37.0 Å². The normalized spacial score (nSPS) is 42.0. The summed E-state index contributed by atoms with van der Waals surface area (Å²) in [5, 5.41) is 11.0. The number of aliphatic hydroxyl groups is 1. The van der Waals surface area contributed by atoms with E-state index >= 15 is 0 Å². The molecule has 2 aliphatic rings. The number of methoxy groups -OCH3 is 1. The Labute approximate surface area is 118 Å². The standard InChI is InChI=1S/C17H32O2/c1-4-14-9-5-6-10-15(14)16(18)17(19-3)11-7-8-13(2)12-17/h13-16,18H,4-12H2,1-3H3. The lowest BCUT2D eigenvalue weighted by Crippen LogP contribution is -2.52. The molecule has 2 saturated carbocycles. The van der Waals surface area contributed by atoms with Gasteiger partial charge in [-0.3, -0.25) is 0 Å². The van der Waals surface area contributed by atoms with Gasteiger partial charge in [0.25, 0.3) is 0 Å². The SMILES string of the molecule is CCC1CCCCC1C(O)C1(OC)CCCC(C)C1. The fourth-order valence-electron chi connectivity index (χ4n) is 4.67. The molecule has 0 aromatic carbocycles. The summed E-state index contributed by atoms with van der Waals surface area (Å²) in [5.41, 5.74) is -0.257. The molecular weight excluding hydrogens is 236 g/mol. The van der Waals surface area contributed by atoms with Crippen LogP contribution in [0.3, 0.4) is 0 Å². The van der Waals surface area contributed by atoms with E-state index in [0.29, 0.717) is 17.8 Å². The van der Waals surface area contributed by atoms with Crippen LogP contribution < -0.4 is 0 Å². The number of hydrogen-bond acceptors (Lipinski definition) is 2. The molecule has 0 spiro atoms. The first-order valence-corrected chi connectivity index (χ1v) is 8.36. The molecule has 0 amide bonds. The zero-order valence-electron chi connectivity index (χ0n) is 13.0. The summed E-state index contributed by atoms with van der Waals surface area (Å²) < 4.78 is 5.91. The lowest BCUT2D eigenvalue weighted by atomic mass is 9.66. The van der Waals surface area contributed by atoms with Gasteiger partial charge in [0.05, 0.1) is 11.7 Å². The zero-order chi connectivity index (χ0) is 13.9. The van der Waals surface area contributed by atoms with E-state index in [1.165, 1.54) is 44.9 Å². The maximum Gasteiger partial charge on any atom is 0.0941 e. The fraction of sp³-hybridized carbons (Fsp3) is 1.00. The number of hydrogen-bond donors (Lipinski definition) is 1. The Morgan fingerprint density at radius 1 is 1.21 bits per heavy atom. The van der Waals surface area contributed by atoms with Gasteiger partial charge in [-0.2, -0.15) is 0 Å². The van der Waals surface area contributed by atoms with Crippen molar-refractivity contribution in [2.75, 3.05) is 7.11 Å². The molecule has 2 aliphatic carbocycles. The van der Waals surface area contributed by atoms with Crippen molar-refractivity contribution in [3.8, 4) is 0 Å². The van der Waals surface area contributed by atoms with Crippen molar-refractivity contribution in [3.63, 3.8) is 0 Å². The van der Waals surface area contributed by atoms with Crippen LogP contribution in [-0.4, -0.2) is 23.9 Å². The van der Waals surface area contributed by atoms with Gasteiger partial charge in [-0.1, -0.05) is 52.4 Å². The second-order valence-corrected chi connectivity index (χ2v) is 7.03. The minimum absolute atomic E-state index is 0.257. The predicted octanol–water partition coefficient (Wildman–Crippen LogP) is 4.16. The summed E-state index contributed by atoms with van der Waals surface area (Å²) in [5.74, 6) is 1.85. The fourth-order valence-corrected chi connectivity index (χ4v) is 4.67. The lowest BCUT2D eigenvalue weighted by Gasteiger charge is -2.47. The summed E-state index contributed by atoms with van der Waals surface area (Å²) in [6.45, 7) is 4.58. The minimum atomic E-state index is -0.259. The van der Waals surface area contributed by atoms with E-state index in [1.807, 2.05) is 7.11 Å². The van der Waals surface area contributed by atoms with E-state index in [0.717, 1.165) is 12.8 Å². The summed E-state index contributed by atoms with van der Waals surface area (Å²) >= 11 is 0. The third kappa shape index (κ3) is 3.16. The zero-order valence-corrected chi connectivity index (χ0v) is 13.0. The highest BCUT2D eigenvalue weighted by Gasteiger charge is 2.46. The third-order valence-electron chi connectivity index (χ3n) is 5.83. The van der Waals surface area contributed by atoms with Crippen molar-refractivity contribution >= 4 is 0 Å². The predicted molar refractivity (Wildman–Crippen MR) is 79.1 cm³/mol. The number of ether oxygens (including phenoxy) is 1. The maximum atomic E-state index is 11.0. The summed E-state index contributed by atoms with van der Waals surface area (Å²) in [7, 11) is 1.81. The number of aliphatic hydroxyl groups excluding tert-OH is 1. The van der Waals surface area contributed by atoms with Crippen molar-refractivity contribution in [1.82, 2.24) is 0 Å². The molecule has 0 aromatic heterocycles. The molecule has 2 nitrogen and oxygen atoms in total. The first-order valence-electron chi connectivity index (χ1n) is 8.36. The molecule has 5 unspecified atom stereocenters. The molecule has 2 heteroatoms. The third-order valence-corrected chi connectivity index (χ3v) is 5.83. The van der Waals surface area contributed by atoms with Crippen LogP contribution in [0.1, 0.15) is 71.6 Å². The van der Waals surface area contributed by atoms with Gasteiger partial charge in [0.1, 0.15) is 0 Å². The number of rotatable bonds is 4. The smallest absolute Gasteiger partial charge is 0.0941 e. The molecule has 2 rings (SSSR count). The van der Waals surface area contributed by atoms with Crippen molar-refractivity contribution < 1.29 is 9.84 Å². The van der Waals surface area contributed by atoms with Crippen LogP contribution in [0.2, 0.25) is 0 Å². The molecule has 0 bridgehead atoms. The minimum Gasteiger partial charge on any atom is -0.390 e. The summed E-state index contributed by atoms with van der Waals surface area (Å²) in [4.78, 5) is 0. The molecule has 5 atom stereocenters. The molecule has 19 heavy (non-hydrogen) atoms. The van der Waals surface area contributed by atoms with Crippen molar-refractivity contribution in [3.05, 3.63) is 0 Å². The summed E-state index contributed by atoms with van der Waals surface area (Å²) in [6.07, 6.45) is 10.6. The van der Waals surface area contributed by atoms with Crippen LogP contribution in [-0.2, 0) is 4.74 Å². The molecule has 0 saturated heterocycles. The van der Waals surface area contributed by atoms with E-state index in [2.05, 4.69) is 13.8 Å². The Morgan fingerprint density at radius 3 is 2.58 bits per heavy atom. The van der Waals surface area contributed by atoms with E-state index in [4.69, 9.17) is 4.74 Å². The summed E-state index contributed by atoms with van der Waals surface area (Å²) in [6, 6.07) is 0. The highest BCUT2D eigenvalue weighted by molar-refractivity contribution is 4.97. The van der Waals surface area contributed by atoms with Crippen molar-refractivity contribution in [2.45, 2.75) is 83.3 Å². The van der Waals surface area contributed by atoms with Crippen LogP contribution in [0, 0.1) is 17.8 Å². The van der Waals surface area contributed by atoms with Gasteiger partial charge in [-0.15, -0.1) is 0 Å². The highest BCUT2D eigenvalue weighted by atomic mass is 16.5. The van der Waals surface area contributed by atoms with Crippen LogP contribution in [0.5, 0.6) is 0 Å². The molecule has 112 valence electrons. The van der Waals surface area contributed by atoms with Gasteiger partial charge in [0.2, 0.25) is 0 Å². The maximum absolute atomic E-state index is 11.0. The molecular formula is C17H32O2. The van der Waals surface area contributed by atoms with E-state index < -0.39 is 0 Å². The van der Waals surface area contributed by atoms with Crippen molar-refractivity contribution in [1.29, 1.82) is 0 Å². The second kappa shape index (κ2) is 6.58. The monoisotopic (exact) mass is 268 g/mol. The van der Waals surface area contributed by atoms with E-state index in [9.17, 15) is 5.11 Å². The molecule has 0 radical (unpaired) electrons. The lowest BCUT2D eigenvalue weighted by molar-refractivity contribution is -0.161. The van der Waals surface area contributed by atoms with E-state index in [1.54, 1.807) is 0 Å². The second-order valence-electron chi connectivity index (χ2n) is 7.03. The first-order chi connectivity index (χ1) is 9.13. The quantitative estimate of drug-likeness (QED) is 0.829. The topological polar surface area (TPSA) is 29.5 Å². The molecule has 1 N–H and O–H groups in total. The Morgan fingerprint density at radius 2 is 1.95 bits per heavy atom. The van der Waals surface area contributed by atoms with Crippen LogP contribution in [0.4, 0.5) is 0 Å². The Bertz CT molecular complexity index is 278. The van der Waals surface area contributed by atoms with Gasteiger partial charge in [0, 0.05) is 7.11 Å². The van der Waals surface area contributed by atoms with Gasteiger partial charge in [0.15, 0.2) is 0 Å². The molecule has 0 aromatic rings. The Balaban J connectivity index is 2.12.